The number of halogens is 1. The lowest BCUT2D eigenvalue weighted by atomic mass is 9.93. The highest BCUT2D eigenvalue weighted by molar-refractivity contribution is 9.10. The van der Waals surface area contributed by atoms with Gasteiger partial charge in [0.25, 0.3) is 0 Å². The van der Waals surface area contributed by atoms with Gasteiger partial charge in [0.05, 0.1) is 11.2 Å². The number of aromatic nitrogens is 2. The Kier molecular flexibility index (Phi) is 2.92. The molecule has 4 heteroatoms. The van der Waals surface area contributed by atoms with Crippen LogP contribution in [0.5, 0.6) is 0 Å². The summed E-state index contributed by atoms with van der Waals surface area (Å²) in [6.45, 7) is 2.98. The third-order valence-corrected chi connectivity index (χ3v) is 4.05. The molecule has 2 aromatic heterocycles. The molecule has 3 rings (SSSR count). The van der Waals surface area contributed by atoms with Crippen molar-refractivity contribution in [2.24, 2.45) is 0 Å². The predicted molar refractivity (Wildman–Crippen MR) is 72.1 cm³/mol. The topological polar surface area (TPSA) is 29.3 Å². The summed E-state index contributed by atoms with van der Waals surface area (Å²) < 4.78 is 2.98. The molecule has 0 amide bonds. The van der Waals surface area contributed by atoms with E-state index in [1.165, 1.54) is 30.3 Å². The third-order valence-electron chi connectivity index (χ3n) is 3.50. The summed E-state index contributed by atoms with van der Waals surface area (Å²) in [7, 11) is 0. The van der Waals surface area contributed by atoms with Gasteiger partial charge in [0.15, 0.2) is 4.73 Å². The Morgan fingerprint density at radius 3 is 3.06 bits per heavy atom. The molecule has 1 aliphatic rings. The van der Waals surface area contributed by atoms with Gasteiger partial charge in [-0.2, -0.15) is 0 Å². The summed E-state index contributed by atoms with van der Waals surface area (Å²) in [5.74, 6) is 0. The van der Waals surface area contributed by atoms with Crippen LogP contribution in [0.25, 0.3) is 5.52 Å². The second kappa shape index (κ2) is 4.42. The number of imidazole rings is 1. The van der Waals surface area contributed by atoms with Crippen molar-refractivity contribution >= 4 is 21.4 Å². The fraction of sp³-hybridized carbons (Fsp3) is 0.462. The maximum Gasteiger partial charge on any atom is 0.182 e. The molecule has 0 spiro atoms. The van der Waals surface area contributed by atoms with Gasteiger partial charge in [-0.15, -0.1) is 0 Å². The number of fused-ring (bicyclic) bond motifs is 1. The standard InChI is InChI=1S/C13H16BrN3/c1-9-5-6-17-12(7-9)11(16-13(17)14)8-15-10-3-2-4-10/h5-7,10,15H,2-4,8H2,1H3. The Bertz CT molecular complexity index is 543. The molecule has 2 aromatic rings. The van der Waals surface area contributed by atoms with Crippen molar-refractivity contribution in [1.29, 1.82) is 0 Å². The van der Waals surface area contributed by atoms with E-state index >= 15 is 0 Å². The summed E-state index contributed by atoms with van der Waals surface area (Å²) in [5.41, 5.74) is 3.60. The zero-order valence-electron chi connectivity index (χ0n) is 9.91. The van der Waals surface area contributed by atoms with Crippen molar-refractivity contribution in [3.8, 4) is 0 Å². The number of aryl methyl sites for hydroxylation is 1. The first-order valence-corrected chi connectivity index (χ1v) is 6.90. The zero-order valence-corrected chi connectivity index (χ0v) is 11.5. The SMILES string of the molecule is Cc1ccn2c(Br)nc(CNC3CCC3)c2c1. The maximum atomic E-state index is 4.58. The van der Waals surface area contributed by atoms with Gasteiger partial charge in [-0.05, 0) is 53.4 Å². The van der Waals surface area contributed by atoms with Crippen LogP contribution in [-0.2, 0) is 6.54 Å². The maximum absolute atomic E-state index is 4.58. The van der Waals surface area contributed by atoms with Gasteiger partial charge < -0.3 is 5.32 Å². The van der Waals surface area contributed by atoms with Gasteiger partial charge in [0.1, 0.15) is 0 Å². The Morgan fingerprint density at radius 2 is 2.35 bits per heavy atom. The molecule has 1 aliphatic carbocycles. The van der Waals surface area contributed by atoms with Crippen LogP contribution in [0.4, 0.5) is 0 Å². The second-order valence-electron chi connectivity index (χ2n) is 4.80. The molecule has 0 atom stereocenters. The lowest BCUT2D eigenvalue weighted by molar-refractivity contribution is 0.337. The van der Waals surface area contributed by atoms with E-state index in [1.807, 2.05) is 0 Å². The molecular weight excluding hydrogens is 278 g/mol. The van der Waals surface area contributed by atoms with Gasteiger partial charge in [-0.25, -0.2) is 4.98 Å². The Balaban J connectivity index is 1.89. The minimum absolute atomic E-state index is 0.704. The molecule has 0 unspecified atom stereocenters. The monoisotopic (exact) mass is 293 g/mol. The average Bonchev–Trinajstić information content (AvgIpc) is 2.53. The van der Waals surface area contributed by atoms with E-state index in [9.17, 15) is 0 Å². The summed E-state index contributed by atoms with van der Waals surface area (Å²) in [4.78, 5) is 4.58. The van der Waals surface area contributed by atoms with Crippen LogP contribution in [0.1, 0.15) is 30.5 Å². The zero-order chi connectivity index (χ0) is 11.8. The van der Waals surface area contributed by atoms with Gasteiger partial charge >= 0.3 is 0 Å². The van der Waals surface area contributed by atoms with E-state index in [1.54, 1.807) is 0 Å². The largest absolute Gasteiger partial charge is 0.308 e. The average molecular weight is 294 g/mol. The second-order valence-corrected chi connectivity index (χ2v) is 5.50. The van der Waals surface area contributed by atoms with Crippen LogP contribution in [0.15, 0.2) is 23.1 Å². The Labute approximate surface area is 109 Å². The molecule has 0 bridgehead atoms. The molecule has 0 radical (unpaired) electrons. The minimum Gasteiger partial charge on any atom is -0.308 e. The van der Waals surface area contributed by atoms with Crippen LogP contribution in [0.2, 0.25) is 0 Å². The summed E-state index contributed by atoms with van der Waals surface area (Å²) in [5, 5.41) is 3.56. The number of nitrogens with zero attached hydrogens (tertiary/aromatic N) is 2. The van der Waals surface area contributed by atoms with E-state index < -0.39 is 0 Å². The molecule has 2 heterocycles. The molecule has 3 nitrogen and oxygen atoms in total. The van der Waals surface area contributed by atoms with E-state index in [-0.39, 0.29) is 0 Å². The van der Waals surface area contributed by atoms with E-state index in [2.05, 4.69) is 55.9 Å². The first kappa shape index (κ1) is 11.2. The van der Waals surface area contributed by atoms with Crippen LogP contribution < -0.4 is 5.32 Å². The van der Waals surface area contributed by atoms with Crippen molar-refractivity contribution in [1.82, 2.24) is 14.7 Å². The van der Waals surface area contributed by atoms with Crippen LogP contribution >= 0.6 is 15.9 Å². The predicted octanol–water partition coefficient (Wildman–Crippen LogP) is 3.05. The van der Waals surface area contributed by atoms with E-state index in [0.717, 1.165) is 17.0 Å². The molecule has 90 valence electrons. The number of nitrogens with one attached hydrogen (secondary N) is 1. The fourth-order valence-corrected chi connectivity index (χ4v) is 2.72. The van der Waals surface area contributed by atoms with E-state index in [4.69, 9.17) is 0 Å². The third kappa shape index (κ3) is 2.11. The Morgan fingerprint density at radius 1 is 1.53 bits per heavy atom. The summed E-state index contributed by atoms with van der Waals surface area (Å²) >= 11 is 3.50. The quantitative estimate of drug-likeness (QED) is 0.942. The molecular formula is C13H16BrN3. The van der Waals surface area contributed by atoms with Crippen molar-refractivity contribution < 1.29 is 0 Å². The molecule has 1 saturated carbocycles. The number of pyridine rings is 1. The molecule has 0 saturated heterocycles. The first-order chi connectivity index (χ1) is 8.24. The smallest absolute Gasteiger partial charge is 0.182 e. The molecule has 1 fully saturated rings. The van der Waals surface area contributed by atoms with Gasteiger partial charge in [-0.3, -0.25) is 4.40 Å². The lowest BCUT2D eigenvalue weighted by Crippen LogP contribution is -2.34. The molecule has 17 heavy (non-hydrogen) atoms. The summed E-state index contributed by atoms with van der Waals surface area (Å²) in [6, 6.07) is 4.99. The summed E-state index contributed by atoms with van der Waals surface area (Å²) in [6.07, 6.45) is 6.05. The molecule has 0 aliphatic heterocycles. The highest BCUT2D eigenvalue weighted by Gasteiger charge is 2.17. The highest BCUT2D eigenvalue weighted by atomic mass is 79.9. The number of rotatable bonds is 3. The van der Waals surface area contributed by atoms with E-state index in [0.29, 0.717) is 6.04 Å². The van der Waals surface area contributed by atoms with Gasteiger partial charge in [0.2, 0.25) is 0 Å². The van der Waals surface area contributed by atoms with Crippen molar-refractivity contribution in [3.63, 3.8) is 0 Å². The normalized spacial score (nSPS) is 16.4. The Hall–Kier alpha value is -0.870. The number of hydrogen-bond donors (Lipinski definition) is 1. The van der Waals surface area contributed by atoms with Gasteiger partial charge in [0, 0.05) is 18.8 Å². The van der Waals surface area contributed by atoms with Crippen molar-refractivity contribution in [2.45, 2.75) is 38.8 Å². The van der Waals surface area contributed by atoms with Gasteiger partial charge in [-0.1, -0.05) is 6.42 Å². The fourth-order valence-electron chi connectivity index (χ4n) is 2.19. The van der Waals surface area contributed by atoms with Crippen LogP contribution in [0, 0.1) is 6.92 Å². The minimum atomic E-state index is 0.704. The van der Waals surface area contributed by atoms with Crippen molar-refractivity contribution in [2.75, 3.05) is 0 Å². The highest BCUT2D eigenvalue weighted by Crippen LogP contribution is 2.21. The molecule has 1 N–H and O–H groups in total. The van der Waals surface area contributed by atoms with Crippen LogP contribution in [-0.4, -0.2) is 15.4 Å². The van der Waals surface area contributed by atoms with Crippen LogP contribution in [0.3, 0.4) is 0 Å². The number of hydrogen-bond acceptors (Lipinski definition) is 2. The van der Waals surface area contributed by atoms with Crippen molar-refractivity contribution in [3.05, 3.63) is 34.3 Å². The lowest BCUT2D eigenvalue weighted by Gasteiger charge is -2.26. The first-order valence-electron chi connectivity index (χ1n) is 6.10. The molecule has 0 aromatic carbocycles.